The zero-order valence-electron chi connectivity index (χ0n) is 4.33. The van der Waals surface area contributed by atoms with Crippen LogP contribution in [0.25, 0.3) is 0 Å². The summed E-state index contributed by atoms with van der Waals surface area (Å²) >= 11 is 4.62. The first-order valence-corrected chi connectivity index (χ1v) is 2.73. The molecule has 0 radical (unpaired) electrons. The molecule has 0 aromatic rings. The van der Waals surface area contributed by atoms with E-state index in [1.807, 2.05) is 0 Å². The fourth-order valence-corrected chi connectivity index (χ4v) is 0.730. The summed E-state index contributed by atoms with van der Waals surface area (Å²) in [6.07, 6.45) is -0.646. The third-order valence-corrected chi connectivity index (χ3v) is 1.51. The molecule has 0 bridgehead atoms. The van der Waals surface area contributed by atoms with Crippen molar-refractivity contribution < 1.29 is 17.9 Å². The molecule has 1 aliphatic rings. The van der Waals surface area contributed by atoms with Crippen LogP contribution in [0.3, 0.4) is 0 Å². The number of rotatable bonds is 0. The van der Waals surface area contributed by atoms with Crippen LogP contribution < -0.4 is 0 Å². The lowest BCUT2D eigenvalue weighted by molar-refractivity contribution is -0.166. The Morgan fingerprint density at radius 3 is 2.00 bits per heavy atom. The first-order valence-electron chi connectivity index (χ1n) is 2.35. The highest BCUT2D eigenvalue weighted by atomic mass is 35.5. The molecule has 9 heavy (non-hydrogen) atoms. The first-order chi connectivity index (χ1) is 3.96. The zero-order valence-corrected chi connectivity index (χ0v) is 5.09. The maximum atomic E-state index is 12.2. The van der Waals surface area contributed by atoms with Gasteiger partial charge in [-0.15, -0.1) is 0 Å². The van der Waals surface area contributed by atoms with Crippen LogP contribution in [0.15, 0.2) is 0 Å². The molecule has 1 rings (SSSR count). The van der Waals surface area contributed by atoms with Crippen LogP contribution in [-0.2, 0) is 4.74 Å². The largest absolute Gasteiger partial charge is 0.350 e. The molecular weight excluding hydrogens is 156 g/mol. The lowest BCUT2D eigenvalue weighted by Crippen LogP contribution is -2.34. The maximum Gasteiger partial charge on any atom is 0.350 e. The summed E-state index contributed by atoms with van der Waals surface area (Å²) in [5, 5.41) is -3.27. The fourth-order valence-electron chi connectivity index (χ4n) is 0.559. The van der Waals surface area contributed by atoms with Crippen LogP contribution in [-0.4, -0.2) is 17.8 Å². The molecule has 0 aliphatic carbocycles. The number of hydrogen-bond donors (Lipinski definition) is 0. The van der Waals surface area contributed by atoms with E-state index in [1.54, 1.807) is 0 Å². The second-order valence-electron chi connectivity index (χ2n) is 1.82. The van der Waals surface area contributed by atoms with Crippen molar-refractivity contribution in [3.05, 3.63) is 0 Å². The summed E-state index contributed by atoms with van der Waals surface area (Å²) < 4.78 is 40.3. The minimum absolute atomic E-state index is 0.326. The standard InChI is InChI=1S/C4H4ClF3O/c5-4(8)3(6,7)1-2-9-4/h1-2H2. The van der Waals surface area contributed by atoms with Gasteiger partial charge in [-0.1, -0.05) is 0 Å². The molecule has 1 aliphatic heterocycles. The summed E-state index contributed by atoms with van der Waals surface area (Å²) in [7, 11) is 0. The van der Waals surface area contributed by atoms with Gasteiger partial charge < -0.3 is 4.74 Å². The first kappa shape index (κ1) is 7.15. The van der Waals surface area contributed by atoms with E-state index in [2.05, 4.69) is 16.3 Å². The van der Waals surface area contributed by atoms with E-state index in [4.69, 9.17) is 0 Å². The van der Waals surface area contributed by atoms with Crippen molar-refractivity contribution >= 4 is 11.6 Å². The molecule has 1 atom stereocenters. The summed E-state index contributed by atoms with van der Waals surface area (Å²) in [4.78, 5) is 0. The molecule has 0 aromatic heterocycles. The SMILES string of the molecule is FC1(F)CCOC1(F)Cl. The van der Waals surface area contributed by atoms with Gasteiger partial charge in [0, 0.05) is 6.42 Å². The van der Waals surface area contributed by atoms with Crippen molar-refractivity contribution in [1.29, 1.82) is 0 Å². The highest BCUT2D eigenvalue weighted by molar-refractivity contribution is 6.22. The molecular formula is C4H4ClF3O. The Hall–Kier alpha value is 0.0400. The summed E-state index contributed by atoms with van der Waals surface area (Å²) in [6, 6.07) is 0. The molecule has 1 nitrogen and oxygen atoms in total. The topological polar surface area (TPSA) is 9.23 Å². The molecule has 1 saturated heterocycles. The van der Waals surface area contributed by atoms with E-state index in [0.717, 1.165) is 0 Å². The Balaban J connectivity index is 2.75. The highest BCUT2D eigenvalue weighted by Gasteiger charge is 2.59. The Bertz CT molecular complexity index is 111. The Morgan fingerprint density at radius 2 is 1.89 bits per heavy atom. The molecule has 0 saturated carbocycles. The van der Waals surface area contributed by atoms with Gasteiger partial charge in [0.25, 0.3) is 0 Å². The molecule has 0 aromatic carbocycles. The van der Waals surface area contributed by atoms with Gasteiger partial charge >= 0.3 is 11.2 Å². The van der Waals surface area contributed by atoms with Gasteiger partial charge in [0.05, 0.1) is 6.61 Å². The van der Waals surface area contributed by atoms with Crippen LogP contribution in [0.4, 0.5) is 13.2 Å². The van der Waals surface area contributed by atoms with Gasteiger partial charge in [0.1, 0.15) is 0 Å². The number of ether oxygens (including phenoxy) is 1. The molecule has 0 amide bonds. The molecule has 1 unspecified atom stereocenters. The zero-order chi connectivity index (χ0) is 7.12. The molecule has 0 N–H and O–H groups in total. The lowest BCUT2D eigenvalue weighted by atomic mass is 10.3. The van der Waals surface area contributed by atoms with Crippen molar-refractivity contribution in [3.63, 3.8) is 0 Å². The minimum Gasteiger partial charge on any atom is -0.329 e. The predicted molar refractivity (Wildman–Crippen MR) is 25.2 cm³/mol. The monoisotopic (exact) mass is 160 g/mol. The van der Waals surface area contributed by atoms with Gasteiger partial charge in [-0.25, -0.2) is 0 Å². The van der Waals surface area contributed by atoms with E-state index >= 15 is 0 Å². The van der Waals surface area contributed by atoms with Gasteiger partial charge in [0.15, 0.2) is 0 Å². The van der Waals surface area contributed by atoms with Crippen molar-refractivity contribution in [3.8, 4) is 0 Å². The molecule has 5 heteroatoms. The van der Waals surface area contributed by atoms with E-state index < -0.39 is 17.7 Å². The van der Waals surface area contributed by atoms with Gasteiger partial charge in [-0.3, -0.25) is 0 Å². The fraction of sp³-hybridized carbons (Fsp3) is 1.00. The van der Waals surface area contributed by atoms with Crippen molar-refractivity contribution in [2.75, 3.05) is 6.61 Å². The van der Waals surface area contributed by atoms with Gasteiger partial charge in [-0.05, 0) is 11.6 Å². The number of alkyl halides is 4. The maximum absolute atomic E-state index is 12.2. The van der Waals surface area contributed by atoms with E-state index in [1.165, 1.54) is 0 Å². The Labute approximate surface area is 54.7 Å². The second kappa shape index (κ2) is 1.76. The van der Waals surface area contributed by atoms with Crippen LogP contribution in [0.1, 0.15) is 6.42 Å². The average Bonchev–Trinajstić information content (AvgIpc) is 1.81. The molecule has 54 valence electrons. The van der Waals surface area contributed by atoms with Crippen LogP contribution >= 0.6 is 11.6 Å². The molecule has 1 heterocycles. The second-order valence-corrected chi connectivity index (χ2v) is 2.31. The summed E-state index contributed by atoms with van der Waals surface area (Å²) in [5.74, 6) is -3.53. The Kier molecular flexibility index (Phi) is 1.40. The smallest absolute Gasteiger partial charge is 0.329 e. The predicted octanol–water partition coefficient (Wildman–Crippen LogP) is 1.90. The van der Waals surface area contributed by atoms with Crippen molar-refractivity contribution in [2.24, 2.45) is 0 Å². The Morgan fingerprint density at radius 1 is 1.33 bits per heavy atom. The van der Waals surface area contributed by atoms with E-state index in [0.29, 0.717) is 0 Å². The van der Waals surface area contributed by atoms with Crippen molar-refractivity contribution in [2.45, 2.75) is 17.7 Å². The number of hydrogen-bond acceptors (Lipinski definition) is 1. The van der Waals surface area contributed by atoms with E-state index in [-0.39, 0.29) is 6.61 Å². The summed E-state index contributed by atoms with van der Waals surface area (Å²) in [6.45, 7) is -0.326. The minimum atomic E-state index is -3.53. The van der Waals surface area contributed by atoms with E-state index in [9.17, 15) is 13.2 Å². The molecule has 1 fully saturated rings. The average molecular weight is 161 g/mol. The van der Waals surface area contributed by atoms with Crippen LogP contribution in [0.2, 0.25) is 0 Å². The quantitative estimate of drug-likeness (QED) is 0.492. The lowest BCUT2D eigenvalue weighted by Gasteiger charge is -2.16. The highest BCUT2D eigenvalue weighted by Crippen LogP contribution is 2.44. The van der Waals surface area contributed by atoms with Gasteiger partial charge in [0.2, 0.25) is 0 Å². The van der Waals surface area contributed by atoms with Gasteiger partial charge in [-0.2, -0.15) is 13.2 Å². The third kappa shape index (κ3) is 1.01. The van der Waals surface area contributed by atoms with Crippen LogP contribution in [0.5, 0.6) is 0 Å². The number of halogens is 4. The summed E-state index contributed by atoms with van der Waals surface area (Å²) in [5.41, 5.74) is 0. The third-order valence-electron chi connectivity index (χ3n) is 1.13. The molecule has 0 spiro atoms. The normalized spacial score (nSPS) is 41.3. The van der Waals surface area contributed by atoms with Crippen LogP contribution in [0, 0.1) is 0 Å². The van der Waals surface area contributed by atoms with Crippen molar-refractivity contribution in [1.82, 2.24) is 0 Å².